The maximum absolute atomic E-state index is 10.4. The molecule has 0 radical (unpaired) electrons. The van der Waals surface area contributed by atoms with Crippen molar-refractivity contribution in [3.8, 4) is 5.75 Å². The molecule has 20 heavy (non-hydrogen) atoms. The quantitative estimate of drug-likeness (QED) is 0.912. The second kappa shape index (κ2) is 5.68. The summed E-state index contributed by atoms with van der Waals surface area (Å²) in [5, 5.41) is 10.4. The molecule has 1 aliphatic rings. The molecule has 3 rings (SSSR count). The third kappa shape index (κ3) is 2.70. The lowest BCUT2D eigenvalue weighted by Crippen LogP contribution is -2.04. The molecule has 0 aromatic heterocycles. The molecule has 1 heterocycles. The van der Waals surface area contributed by atoms with Gasteiger partial charge >= 0.3 is 0 Å². The van der Waals surface area contributed by atoms with E-state index in [1.54, 1.807) is 0 Å². The van der Waals surface area contributed by atoms with Gasteiger partial charge in [-0.1, -0.05) is 43.3 Å². The molecule has 0 saturated carbocycles. The summed E-state index contributed by atoms with van der Waals surface area (Å²) in [6.07, 6.45) is 1.27. The van der Waals surface area contributed by atoms with Gasteiger partial charge in [-0.3, -0.25) is 0 Å². The molecule has 2 nitrogen and oxygen atoms in total. The van der Waals surface area contributed by atoms with E-state index in [-0.39, 0.29) is 0 Å². The Kier molecular flexibility index (Phi) is 3.75. The van der Waals surface area contributed by atoms with Crippen molar-refractivity contribution in [3.63, 3.8) is 0 Å². The lowest BCUT2D eigenvalue weighted by molar-refractivity contribution is 0.159. The van der Waals surface area contributed by atoms with Crippen molar-refractivity contribution >= 4 is 0 Å². The highest BCUT2D eigenvalue weighted by molar-refractivity contribution is 5.40. The predicted molar refractivity (Wildman–Crippen MR) is 80.1 cm³/mol. The second-order valence-electron chi connectivity index (χ2n) is 5.53. The third-order valence-corrected chi connectivity index (χ3v) is 4.04. The van der Waals surface area contributed by atoms with E-state index in [0.29, 0.717) is 5.92 Å². The Morgan fingerprint density at radius 2 is 1.90 bits per heavy atom. The van der Waals surface area contributed by atoms with E-state index in [0.717, 1.165) is 30.8 Å². The number of hydrogen-bond acceptors (Lipinski definition) is 2. The standard InChI is InChI=1S/C18H20O2/c1-13(14-5-3-2-4-6-14)11-17(19)15-7-8-18-16(12-15)9-10-20-18/h2-8,12-13,17,19H,9-11H2,1H3. The van der Waals surface area contributed by atoms with Crippen LogP contribution in [0.15, 0.2) is 48.5 Å². The third-order valence-electron chi connectivity index (χ3n) is 4.04. The number of aliphatic hydroxyl groups is 1. The molecular weight excluding hydrogens is 248 g/mol. The molecule has 1 N–H and O–H groups in total. The van der Waals surface area contributed by atoms with Crippen LogP contribution in [0.4, 0.5) is 0 Å². The smallest absolute Gasteiger partial charge is 0.122 e. The highest BCUT2D eigenvalue weighted by atomic mass is 16.5. The van der Waals surface area contributed by atoms with E-state index in [2.05, 4.69) is 25.1 Å². The van der Waals surface area contributed by atoms with Crippen LogP contribution in [0.2, 0.25) is 0 Å². The number of ether oxygens (including phenoxy) is 1. The lowest BCUT2D eigenvalue weighted by Gasteiger charge is -2.17. The first-order valence-electron chi connectivity index (χ1n) is 7.22. The number of aliphatic hydroxyl groups excluding tert-OH is 1. The van der Waals surface area contributed by atoms with Crippen molar-refractivity contribution in [2.75, 3.05) is 6.61 Å². The molecule has 1 aliphatic heterocycles. The molecule has 104 valence electrons. The zero-order chi connectivity index (χ0) is 13.9. The van der Waals surface area contributed by atoms with Crippen molar-refractivity contribution in [1.29, 1.82) is 0 Å². The Labute approximate surface area is 120 Å². The van der Waals surface area contributed by atoms with Crippen LogP contribution >= 0.6 is 0 Å². The van der Waals surface area contributed by atoms with Gasteiger partial charge in [-0.25, -0.2) is 0 Å². The zero-order valence-electron chi connectivity index (χ0n) is 11.8. The van der Waals surface area contributed by atoms with Gasteiger partial charge in [0.05, 0.1) is 12.7 Å². The Bertz CT molecular complexity index is 577. The first-order valence-corrected chi connectivity index (χ1v) is 7.22. The minimum atomic E-state index is -0.420. The van der Waals surface area contributed by atoms with Crippen LogP contribution in [0.5, 0.6) is 5.75 Å². The van der Waals surface area contributed by atoms with Crippen LogP contribution in [0, 0.1) is 0 Å². The Morgan fingerprint density at radius 1 is 1.10 bits per heavy atom. The van der Waals surface area contributed by atoms with Crippen molar-refractivity contribution < 1.29 is 9.84 Å². The second-order valence-corrected chi connectivity index (χ2v) is 5.53. The van der Waals surface area contributed by atoms with Crippen LogP contribution < -0.4 is 4.74 Å². The lowest BCUT2D eigenvalue weighted by atomic mass is 9.91. The van der Waals surface area contributed by atoms with Gasteiger partial charge in [0.2, 0.25) is 0 Å². The summed E-state index contributed by atoms with van der Waals surface area (Å²) in [4.78, 5) is 0. The van der Waals surface area contributed by atoms with Crippen molar-refractivity contribution in [2.45, 2.75) is 31.8 Å². The van der Waals surface area contributed by atoms with E-state index < -0.39 is 6.10 Å². The highest BCUT2D eigenvalue weighted by Crippen LogP contribution is 2.32. The van der Waals surface area contributed by atoms with Gasteiger partial charge in [-0.05, 0) is 41.2 Å². The Hall–Kier alpha value is -1.80. The highest BCUT2D eigenvalue weighted by Gasteiger charge is 2.17. The first-order chi connectivity index (χ1) is 9.74. The molecule has 2 unspecified atom stereocenters. The maximum atomic E-state index is 10.4. The summed E-state index contributed by atoms with van der Waals surface area (Å²) in [6, 6.07) is 16.4. The molecule has 0 bridgehead atoms. The van der Waals surface area contributed by atoms with Gasteiger partial charge < -0.3 is 9.84 Å². The van der Waals surface area contributed by atoms with Gasteiger partial charge in [0, 0.05) is 6.42 Å². The van der Waals surface area contributed by atoms with Gasteiger partial charge in [-0.15, -0.1) is 0 Å². The molecule has 0 fully saturated rings. The maximum Gasteiger partial charge on any atom is 0.122 e. The first kappa shape index (κ1) is 13.2. The van der Waals surface area contributed by atoms with Gasteiger partial charge in [-0.2, -0.15) is 0 Å². The van der Waals surface area contributed by atoms with Crippen LogP contribution in [-0.4, -0.2) is 11.7 Å². The summed E-state index contributed by atoms with van der Waals surface area (Å²) >= 11 is 0. The largest absolute Gasteiger partial charge is 0.493 e. The molecule has 0 amide bonds. The molecule has 2 heteroatoms. The fourth-order valence-electron chi connectivity index (χ4n) is 2.80. The summed E-state index contributed by atoms with van der Waals surface area (Å²) < 4.78 is 5.50. The van der Waals surface area contributed by atoms with Crippen LogP contribution in [0.25, 0.3) is 0 Å². The molecule has 2 atom stereocenters. The SMILES string of the molecule is CC(CC(O)c1ccc2c(c1)CCO2)c1ccccc1. The fraction of sp³-hybridized carbons (Fsp3) is 0.333. The summed E-state index contributed by atoms with van der Waals surface area (Å²) in [5.74, 6) is 1.31. The molecule has 0 saturated heterocycles. The topological polar surface area (TPSA) is 29.5 Å². The molecular formula is C18H20O2. The van der Waals surface area contributed by atoms with Gasteiger partial charge in [0.15, 0.2) is 0 Å². The fourth-order valence-corrected chi connectivity index (χ4v) is 2.80. The molecule has 0 aliphatic carbocycles. The monoisotopic (exact) mass is 268 g/mol. The van der Waals surface area contributed by atoms with E-state index in [1.807, 2.05) is 30.3 Å². The minimum Gasteiger partial charge on any atom is -0.493 e. The van der Waals surface area contributed by atoms with Crippen LogP contribution in [0.1, 0.15) is 42.1 Å². The van der Waals surface area contributed by atoms with Gasteiger partial charge in [0.1, 0.15) is 5.75 Å². The van der Waals surface area contributed by atoms with E-state index in [9.17, 15) is 5.11 Å². The average molecular weight is 268 g/mol. The predicted octanol–water partition coefficient (Wildman–Crippen LogP) is 3.85. The van der Waals surface area contributed by atoms with Crippen molar-refractivity contribution in [2.24, 2.45) is 0 Å². The van der Waals surface area contributed by atoms with E-state index in [1.165, 1.54) is 11.1 Å². The van der Waals surface area contributed by atoms with Crippen LogP contribution in [0.3, 0.4) is 0 Å². The normalized spacial score (nSPS) is 16.3. The molecule has 2 aromatic rings. The van der Waals surface area contributed by atoms with Crippen molar-refractivity contribution in [1.82, 2.24) is 0 Å². The molecule has 2 aromatic carbocycles. The Morgan fingerprint density at radius 3 is 2.70 bits per heavy atom. The zero-order valence-corrected chi connectivity index (χ0v) is 11.8. The number of fused-ring (bicyclic) bond motifs is 1. The number of hydrogen-bond donors (Lipinski definition) is 1. The van der Waals surface area contributed by atoms with Gasteiger partial charge in [0.25, 0.3) is 0 Å². The van der Waals surface area contributed by atoms with Crippen molar-refractivity contribution in [3.05, 3.63) is 65.2 Å². The number of benzene rings is 2. The summed E-state index contributed by atoms with van der Waals surface area (Å²) in [6.45, 7) is 2.92. The minimum absolute atomic E-state index is 0.343. The summed E-state index contributed by atoms with van der Waals surface area (Å²) in [7, 11) is 0. The molecule has 0 spiro atoms. The van der Waals surface area contributed by atoms with E-state index in [4.69, 9.17) is 4.74 Å². The summed E-state index contributed by atoms with van der Waals surface area (Å²) in [5.41, 5.74) is 3.49. The number of rotatable bonds is 4. The van der Waals surface area contributed by atoms with Crippen LogP contribution in [-0.2, 0) is 6.42 Å². The van der Waals surface area contributed by atoms with E-state index >= 15 is 0 Å². The Balaban J connectivity index is 1.71. The average Bonchev–Trinajstić information content (AvgIpc) is 2.95.